The highest BCUT2D eigenvalue weighted by atomic mass is 35.5. The fraction of sp³-hybridized carbons (Fsp3) is 0.294. The summed E-state index contributed by atoms with van der Waals surface area (Å²) >= 11 is 5.97. The Bertz CT molecular complexity index is 698. The lowest BCUT2D eigenvalue weighted by Gasteiger charge is -2.19. The molecule has 1 fully saturated rings. The Balaban J connectivity index is 1.62. The van der Waals surface area contributed by atoms with Crippen LogP contribution in [0.4, 0.5) is 0 Å². The number of nitrogens with one attached hydrogen (secondary N) is 3. The summed E-state index contributed by atoms with van der Waals surface area (Å²) in [4.78, 5) is 16.5. The molecule has 1 amide bonds. The SMILES string of the molecule is O=C(N[C@H](CO)c1cccc(Cl)c1)C1CC(c2ccncc2)NN1. The number of carbonyl (C=O) groups excluding carboxylic acids is 1. The first kappa shape index (κ1) is 16.9. The number of hydrogen-bond acceptors (Lipinski definition) is 5. The van der Waals surface area contributed by atoms with Crippen molar-refractivity contribution in [3.63, 3.8) is 0 Å². The molecule has 24 heavy (non-hydrogen) atoms. The van der Waals surface area contributed by atoms with E-state index in [0.717, 1.165) is 11.1 Å². The monoisotopic (exact) mass is 346 g/mol. The second-order valence-corrected chi connectivity index (χ2v) is 6.15. The molecule has 2 aromatic rings. The summed E-state index contributed by atoms with van der Waals surface area (Å²) < 4.78 is 0. The number of aliphatic hydroxyl groups excluding tert-OH is 1. The third-order valence-electron chi connectivity index (χ3n) is 4.08. The van der Waals surface area contributed by atoms with E-state index in [0.29, 0.717) is 11.4 Å². The van der Waals surface area contributed by atoms with Crippen molar-refractivity contribution in [3.05, 3.63) is 64.9 Å². The minimum Gasteiger partial charge on any atom is -0.394 e. The van der Waals surface area contributed by atoms with E-state index in [-0.39, 0.29) is 24.6 Å². The van der Waals surface area contributed by atoms with Gasteiger partial charge >= 0.3 is 0 Å². The van der Waals surface area contributed by atoms with E-state index >= 15 is 0 Å². The van der Waals surface area contributed by atoms with E-state index < -0.39 is 6.04 Å². The van der Waals surface area contributed by atoms with Crippen molar-refractivity contribution in [2.75, 3.05) is 6.61 Å². The highest BCUT2D eigenvalue weighted by Gasteiger charge is 2.31. The Kier molecular flexibility index (Phi) is 5.42. The molecule has 126 valence electrons. The van der Waals surface area contributed by atoms with Gasteiger partial charge in [0, 0.05) is 23.5 Å². The van der Waals surface area contributed by atoms with Crippen LogP contribution < -0.4 is 16.2 Å². The topological polar surface area (TPSA) is 86.3 Å². The van der Waals surface area contributed by atoms with E-state index in [1.807, 2.05) is 18.2 Å². The highest BCUT2D eigenvalue weighted by Crippen LogP contribution is 2.23. The van der Waals surface area contributed by atoms with E-state index in [1.165, 1.54) is 0 Å². The van der Waals surface area contributed by atoms with Gasteiger partial charge in [0.15, 0.2) is 0 Å². The standard InChI is InChI=1S/C17H19ClN4O2/c18-13-3-1-2-12(8-13)16(10-23)20-17(24)15-9-14(21-22-15)11-4-6-19-7-5-11/h1-8,14-16,21-23H,9-10H2,(H,20,24)/t14?,15?,16-/m1/s1. The summed E-state index contributed by atoms with van der Waals surface area (Å²) in [6.07, 6.45) is 4.07. The molecule has 6 nitrogen and oxygen atoms in total. The summed E-state index contributed by atoms with van der Waals surface area (Å²) in [6.45, 7) is -0.194. The van der Waals surface area contributed by atoms with Crippen LogP contribution in [-0.2, 0) is 4.79 Å². The molecule has 0 radical (unpaired) electrons. The summed E-state index contributed by atoms with van der Waals surface area (Å²) in [5, 5.41) is 13.0. The average molecular weight is 347 g/mol. The number of aromatic nitrogens is 1. The van der Waals surface area contributed by atoms with Crippen LogP contribution in [0.2, 0.25) is 5.02 Å². The van der Waals surface area contributed by atoms with Crippen LogP contribution >= 0.6 is 11.6 Å². The minimum absolute atomic E-state index is 0.0440. The Morgan fingerprint density at radius 2 is 2.12 bits per heavy atom. The minimum atomic E-state index is -0.488. The molecule has 2 heterocycles. The summed E-state index contributed by atoms with van der Waals surface area (Å²) in [5.41, 5.74) is 7.97. The zero-order valence-corrected chi connectivity index (χ0v) is 13.7. The van der Waals surface area contributed by atoms with Gasteiger partial charge in [0.25, 0.3) is 0 Å². The molecule has 0 bridgehead atoms. The second-order valence-electron chi connectivity index (χ2n) is 5.71. The van der Waals surface area contributed by atoms with E-state index in [2.05, 4.69) is 21.2 Å². The van der Waals surface area contributed by atoms with Crippen molar-refractivity contribution in [2.45, 2.75) is 24.5 Å². The lowest BCUT2D eigenvalue weighted by molar-refractivity contribution is -0.124. The van der Waals surface area contributed by atoms with Gasteiger partial charge in [-0.05, 0) is 41.8 Å². The molecule has 0 saturated carbocycles. The predicted molar refractivity (Wildman–Crippen MR) is 91.1 cm³/mol. The maximum absolute atomic E-state index is 12.5. The number of amides is 1. The Hall–Kier alpha value is -1.99. The third-order valence-corrected chi connectivity index (χ3v) is 4.31. The van der Waals surface area contributed by atoms with Crippen LogP contribution in [0.25, 0.3) is 0 Å². The number of pyridine rings is 1. The van der Waals surface area contributed by atoms with Crippen molar-refractivity contribution in [2.24, 2.45) is 0 Å². The molecule has 0 spiro atoms. The van der Waals surface area contributed by atoms with Gasteiger partial charge in [-0.1, -0.05) is 23.7 Å². The number of aliphatic hydroxyl groups is 1. The first-order valence-corrected chi connectivity index (χ1v) is 8.13. The lowest BCUT2D eigenvalue weighted by atomic mass is 10.0. The summed E-state index contributed by atoms with van der Waals surface area (Å²) in [6, 6.07) is 10.1. The molecule has 1 aliphatic heterocycles. The molecule has 1 saturated heterocycles. The van der Waals surface area contributed by atoms with Gasteiger partial charge in [-0.25, -0.2) is 10.9 Å². The van der Waals surface area contributed by atoms with Crippen molar-refractivity contribution in [3.8, 4) is 0 Å². The fourth-order valence-corrected chi connectivity index (χ4v) is 2.97. The lowest BCUT2D eigenvalue weighted by Crippen LogP contribution is -2.45. The molecule has 0 aliphatic carbocycles. The van der Waals surface area contributed by atoms with Crippen molar-refractivity contribution >= 4 is 17.5 Å². The van der Waals surface area contributed by atoms with Crippen molar-refractivity contribution < 1.29 is 9.90 Å². The number of carbonyl (C=O) groups is 1. The maximum Gasteiger partial charge on any atom is 0.239 e. The number of hydrazine groups is 1. The molecule has 7 heteroatoms. The van der Waals surface area contributed by atoms with Crippen LogP contribution in [-0.4, -0.2) is 28.6 Å². The van der Waals surface area contributed by atoms with Crippen LogP contribution in [0.5, 0.6) is 0 Å². The number of benzene rings is 1. The van der Waals surface area contributed by atoms with Gasteiger partial charge in [-0.2, -0.15) is 0 Å². The predicted octanol–water partition coefficient (Wildman–Crippen LogP) is 1.49. The molecule has 4 N–H and O–H groups in total. The molecule has 1 aromatic heterocycles. The highest BCUT2D eigenvalue weighted by molar-refractivity contribution is 6.30. The summed E-state index contributed by atoms with van der Waals surface area (Å²) in [7, 11) is 0. The number of hydrogen-bond donors (Lipinski definition) is 4. The first-order chi connectivity index (χ1) is 11.7. The van der Waals surface area contributed by atoms with Gasteiger partial charge in [0.1, 0.15) is 6.04 Å². The van der Waals surface area contributed by atoms with Crippen LogP contribution in [0.1, 0.15) is 29.6 Å². The smallest absolute Gasteiger partial charge is 0.239 e. The molecule has 1 aromatic carbocycles. The van der Waals surface area contributed by atoms with E-state index in [1.54, 1.807) is 30.6 Å². The molecule has 2 unspecified atom stereocenters. The Morgan fingerprint density at radius 1 is 1.33 bits per heavy atom. The molecule has 3 rings (SSSR count). The Labute approximate surface area is 145 Å². The second kappa shape index (κ2) is 7.72. The average Bonchev–Trinajstić information content (AvgIpc) is 3.10. The van der Waals surface area contributed by atoms with Crippen molar-refractivity contribution in [1.29, 1.82) is 0 Å². The van der Waals surface area contributed by atoms with Gasteiger partial charge < -0.3 is 10.4 Å². The van der Waals surface area contributed by atoms with E-state index in [4.69, 9.17) is 11.6 Å². The summed E-state index contributed by atoms with van der Waals surface area (Å²) in [5.74, 6) is -0.168. The molecule has 1 aliphatic rings. The zero-order valence-electron chi connectivity index (χ0n) is 12.9. The van der Waals surface area contributed by atoms with Gasteiger partial charge in [0.2, 0.25) is 5.91 Å². The maximum atomic E-state index is 12.5. The molecule has 3 atom stereocenters. The third kappa shape index (κ3) is 3.91. The van der Waals surface area contributed by atoms with Gasteiger partial charge in [-0.15, -0.1) is 0 Å². The normalized spacial score (nSPS) is 21.4. The van der Waals surface area contributed by atoms with Crippen LogP contribution in [0.3, 0.4) is 0 Å². The molecular weight excluding hydrogens is 328 g/mol. The quantitative estimate of drug-likeness (QED) is 0.659. The molecular formula is C17H19ClN4O2. The number of nitrogens with zero attached hydrogens (tertiary/aromatic N) is 1. The van der Waals surface area contributed by atoms with Crippen molar-refractivity contribution in [1.82, 2.24) is 21.2 Å². The van der Waals surface area contributed by atoms with Crippen LogP contribution in [0, 0.1) is 0 Å². The van der Waals surface area contributed by atoms with Crippen LogP contribution in [0.15, 0.2) is 48.8 Å². The van der Waals surface area contributed by atoms with Gasteiger partial charge in [0.05, 0.1) is 12.6 Å². The number of halogens is 1. The number of rotatable bonds is 5. The first-order valence-electron chi connectivity index (χ1n) is 7.75. The Morgan fingerprint density at radius 3 is 2.83 bits per heavy atom. The largest absolute Gasteiger partial charge is 0.394 e. The fourth-order valence-electron chi connectivity index (χ4n) is 2.77. The van der Waals surface area contributed by atoms with E-state index in [9.17, 15) is 9.90 Å². The van der Waals surface area contributed by atoms with Gasteiger partial charge in [-0.3, -0.25) is 9.78 Å². The zero-order chi connectivity index (χ0) is 16.9.